The number of methoxy groups -OCH3 is 1. The maximum absolute atomic E-state index is 5.72. The van der Waals surface area contributed by atoms with E-state index in [-0.39, 0.29) is 6.04 Å². The van der Waals surface area contributed by atoms with Crippen molar-refractivity contribution in [1.29, 1.82) is 0 Å². The van der Waals surface area contributed by atoms with Gasteiger partial charge in [-0.05, 0) is 0 Å². The summed E-state index contributed by atoms with van der Waals surface area (Å²) < 4.78 is 6.76. The predicted octanol–water partition coefficient (Wildman–Crippen LogP) is 0.0663. The summed E-state index contributed by atoms with van der Waals surface area (Å²) in [6, 6.07) is -0.110. The van der Waals surface area contributed by atoms with E-state index in [1.165, 1.54) is 0 Å². The van der Waals surface area contributed by atoms with E-state index in [9.17, 15) is 0 Å². The van der Waals surface area contributed by atoms with Gasteiger partial charge in [-0.25, -0.2) is 4.98 Å². The molecule has 11 heavy (non-hydrogen) atoms. The Morgan fingerprint density at radius 3 is 3.00 bits per heavy atom. The zero-order valence-electron chi connectivity index (χ0n) is 6.82. The van der Waals surface area contributed by atoms with Crippen molar-refractivity contribution >= 4 is 0 Å². The smallest absolute Gasteiger partial charge is 0.0947 e. The number of rotatable bonds is 3. The second-order valence-corrected chi connectivity index (χ2v) is 2.53. The largest absolute Gasteiger partial charge is 0.383 e. The van der Waals surface area contributed by atoms with Gasteiger partial charge in [0.2, 0.25) is 0 Å². The van der Waals surface area contributed by atoms with Gasteiger partial charge in [0.1, 0.15) is 0 Å². The van der Waals surface area contributed by atoms with Crippen molar-refractivity contribution in [2.45, 2.75) is 6.04 Å². The summed E-state index contributed by atoms with van der Waals surface area (Å²) in [5.74, 6) is 0. The van der Waals surface area contributed by atoms with Gasteiger partial charge in [0.25, 0.3) is 0 Å². The molecule has 0 aliphatic carbocycles. The van der Waals surface area contributed by atoms with Crippen LogP contribution in [0.5, 0.6) is 0 Å². The number of aryl methyl sites for hydroxylation is 1. The van der Waals surface area contributed by atoms with Crippen LogP contribution in [0.15, 0.2) is 12.5 Å². The molecule has 0 radical (unpaired) electrons. The van der Waals surface area contributed by atoms with Crippen molar-refractivity contribution in [3.63, 3.8) is 0 Å². The highest BCUT2D eigenvalue weighted by atomic mass is 16.5. The van der Waals surface area contributed by atoms with Crippen LogP contribution in [0.2, 0.25) is 0 Å². The number of nitrogens with zero attached hydrogens (tertiary/aromatic N) is 2. The fourth-order valence-electron chi connectivity index (χ4n) is 0.889. The maximum atomic E-state index is 5.72. The molecule has 0 aliphatic rings. The predicted molar refractivity (Wildman–Crippen MR) is 42.0 cm³/mol. The van der Waals surface area contributed by atoms with Crippen molar-refractivity contribution in [1.82, 2.24) is 9.55 Å². The molecule has 0 saturated heterocycles. The lowest BCUT2D eigenvalue weighted by Crippen LogP contribution is -2.16. The first-order valence-corrected chi connectivity index (χ1v) is 3.46. The van der Waals surface area contributed by atoms with Gasteiger partial charge in [-0.3, -0.25) is 0 Å². The molecule has 4 heteroatoms. The Bertz CT molecular complexity index is 221. The third kappa shape index (κ3) is 2.03. The van der Waals surface area contributed by atoms with Crippen LogP contribution in [0.1, 0.15) is 11.7 Å². The number of nitrogens with two attached hydrogens (primary N) is 1. The van der Waals surface area contributed by atoms with Gasteiger partial charge in [0, 0.05) is 20.4 Å². The summed E-state index contributed by atoms with van der Waals surface area (Å²) in [4.78, 5) is 4.09. The zero-order valence-corrected chi connectivity index (χ0v) is 6.82. The normalized spacial score (nSPS) is 13.4. The third-order valence-corrected chi connectivity index (χ3v) is 1.45. The molecule has 1 aromatic heterocycles. The molecule has 1 rings (SSSR count). The summed E-state index contributed by atoms with van der Waals surface area (Å²) in [5.41, 5.74) is 6.59. The molecule has 1 heterocycles. The second kappa shape index (κ2) is 3.50. The van der Waals surface area contributed by atoms with E-state index in [1.807, 2.05) is 17.8 Å². The van der Waals surface area contributed by atoms with Crippen LogP contribution in [0.4, 0.5) is 0 Å². The number of imidazole rings is 1. The molecule has 62 valence electrons. The average molecular weight is 155 g/mol. The Hall–Kier alpha value is -0.870. The number of ether oxygens (including phenoxy) is 1. The molecule has 0 fully saturated rings. The second-order valence-electron chi connectivity index (χ2n) is 2.53. The summed E-state index contributed by atoms with van der Waals surface area (Å²) in [6.45, 7) is 0.511. The fraction of sp³-hybridized carbons (Fsp3) is 0.571. The molecule has 0 aromatic carbocycles. The Labute approximate surface area is 66.0 Å². The highest BCUT2D eigenvalue weighted by molar-refractivity contribution is 5.02. The quantitative estimate of drug-likeness (QED) is 0.671. The lowest BCUT2D eigenvalue weighted by Gasteiger charge is -2.05. The Morgan fingerprint density at radius 1 is 1.82 bits per heavy atom. The molecular formula is C7H13N3O. The van der Waals surface area contributed by atoms with Crippen LogP contribution in [-0.4, -0.2) is 23.3 Å². The Balaban J connectivity index is 2.60. The first kappa shape index (κ1) is 8.23. The molecule has 1 aromatic rings. The molecular weight excluding hydrogens is 142 g/mol. The summed E-state index contributed by atoms with van der Waals surface area (Å²) in [5, 5.41) is 0. The van der Waals surface area contributed by atoms with Crippen LogP contribution in [0.25, 0.3) is 0 Å². The summed E-state index contributed by atoms with van der Waals surface area (Å²) in [6.07, 6.45) is 3.62. The Kier molecular flexibility index (Phi) is 2.62. The molecule has 0 aliphatic heterocycles. The van der Waals surface area contributed by atoms with E-state index < -0.39 is 0 Å². The van der Waals surface area contributed by atoms with Gasteiger partial charge >= 0.3 is 0 Å². The van der Waals surface area contributed by atoms with E-state index >= 15 is 0 Å². The fourth-order valence-corrected chi connectivity index (χ4v) is 0.889. The lowest BCUT2D eigenvalue weighted by atomic mass is 10.2. The van der Waals surface area contributed by atoms with Gasteiger partial charge < -0.3 is 15.0 Å². The van der Waals surface area contributed by atoms with E-state index in [0.717, 1.165) is 5.69 Å². The van der Waals surface area contributed by atoms with Crippen LogP contribution >= 0.6 is 0 Å². The van der Waals surface area contributed by atoms with Gasteiger partial charge in [-0.15, -0.1) is 0 Å². The van der Waals surface area contributed by atoms with E-state index in [1.54, 1.807) is 13.4 Å². The van der Waals surface area contributed by atoms with Crippen LogP contribution < -0.4 is 5.73 Å². The van der Waals surface area contributed by atoms with Crippen LogP contribution in [0, 0.1) is 0 Å². The van der Waals surface area contributed by atoms with Crippen molar-refractivity contribution in [3.05, 3.63) is 18.2 Å². The number of aromatic nitrogens is 2. The van der Waals surface area contributed by atoms with Crippen molar-refractivity contribution in [3.8, 4) is 0 Å². The molecule has 0 bridgehead atoms. The lowest BCUT2D eigenvalue weighted by molar-refractivity contribution is 0.179. The SMILES string of the molecule is COCC(N)c1cn(C)cn1. The van der Waals surface area contributed by atoms with Gasteiger partial charge in [-0.2, -0.15) is 0 Å². The van der Waals surface area contributed by atoms with Crippen molar-refractivity contribution in [2.24, 2.45) is 12.8 Å². The number of hydrogen-bond acceptors (Lipinski definition) is 3. The van der Waals surface area contributed by atoms with E-state index in [0.29, 0.717) is 6.61 Å². The molecule has 2 N–H and O–H groups in total. The molecule has 0 saturated carbocycles. The topological polar surface area (TPSA) is 53.1 Å². The summed E-state index contributed by atoms with van der Waals surface area (Å²) in [7, 11) is 3.54. The van der Waals surface area contributed by atoms with Crippen molar-refractivity contribution in [2.75, 3.05) is 13.7 Å². The first-order chi connectivity index (χ1) is 5.24. The van der Waals surface area contributed by atoms with Gasteiger partial charge in [-0.1, -0.05) is 0 Å². The zero-order chi connectivity index (χ0) is 8.27. The molecule has 4 nitrogen and oxygen atoms in total. The van der Waals surface area contributed by atoms with Gasteiger partial charge in [0.15, 0.2) is 0 Å². The monoisotopic (exact) mass is 155 g/mol. The first-order valence-electron chi connectivity index (χ1n) is 3.46. The van der Waals surface area contributed by atoms with Crippen LogP contribution in [0.3, 0.4) is 0 Å². The maximum Gasteiger partial charge on any atom is 0.0947 e. The minimum atomic E-state index is -0.110. The molecule has 0 amide bonds. The van der Waals surface area contributed by atoms with E-state index in [2.05, 4.69) is 4.98 Å². The minimum Gasteiger partial charge on any atom is -0.383 e. The molecule has 0 spiro atoms. The van der Waals surface area contributed by atoms with Crippen molar-refractivity contribution < 1.29 is 4.74 Å². The highest BCUT2D eigenvalue weighted by Crippen LogP contribution is 2.05. The Morgan fingerprint density at radius 2 is 2.55 bits per heavy atom. The summed E-state index contributed by atoms with van der Waals surface area (Å²) >= 11 is 0. The minimum absolute atomic E-state index is 0.110. The van der Waals surface area contributed by atoms with Crippen LogP contribution in [-0.2, 0) is 11.8 Å². The average Bonchev–Trinajstić information content (AvgIpc) is 2.36. The van der Waals surface area contributed by atoms with Gasteiger partial charge in [0.05, 0.1) is 24.7 Å². The molecule has 1 unspecified atom stereocenters. The highest BCUT2D eigenvalue weighted by Gasteiger charge is 2.06. The third-order valence-electron chi connectivity index (χ3n) is 1.45. The van der Waals surface area contributed by atoms with E-state index in [4.69, 9.17) is 10.5 Å². The number of hydrogen-bond donors (Lipinski definition) is 1. The standard InChI is InChI=1S/C7H13N3O/c1-10-3-7(9-5-10)6(8)4-11-2/h3,5-6H,4,8H2,1-2H3. The molecule has 1 atom stereocenters.